The highest BCUT2D eigenvalue weighted by Gasteiger charge is 2.37. The van der Waals surface area contributed by atoms with Crippen LogP contribution in [-0.2, 0) is 14.3 Å². The number of hydrogen-bond acceptors (Lipinski definition) is 7. The first kappa shape index (κ1) is 19.7. The number of amides is 3. The largest absolute Gasteiger partial charge is 0.482 e. The molecule has 28 heavy (non-hydrogen) atoms. The van der Waals surface area contributed by atoms with E-state index in [0.29, 0.717) is 17.1 Å². The zero-order valence-corrected chi connectivity index (χ0v) is 15.9. The van der Waals surface area contributed by atoms with Gasteiger partial charge < -0.3 is 30.0 Å². The summed E-state index contributed by atoms with van der Waals surface area (Å²) in [6, 6.07) is 4.90. The van der Waals surface area contributed by atoms with Gasteiger partial charge in [0.2, 0.25) is 0 Å². The molecular formula is C18H23N3O7. The zero-order valence-electron chi connectivity index (χ0n) is 15.9. The lowest BCUT2D eigenvalue weighted by atomic mass is 10.2. The van der Waals surface area contributed by atoms with Crippen molar-refractivity contribution in [3.05, 3.63) is 18.2 Å². The lowest BCUT2D eigenvalue weighted by Gasteiger charge is -2.22. The standard InChI is InChI=1S/C18H23N3O7/c1-18(2,3)28-16(24)19-7-12(22)14-8-21(17(25)27-14)10-4-5-13-11(6-10)20-15(23)9-26-13/h4-6,12,14,22H,7-9H2,1-3H3,(H,19,24)(H,20,23)/t12?,14-/m1/s1. The number of rotatable bonds is 4. The maximum atomic E-state index is 12.2. The van der Waals surface area contributed by atoms with Crippen LogP contribution in [0.2, 0.25) is 0 Å². The molecule has 0 aliphatic carbocycles. The van der Waals surface area contributed by atoms with E-state index in [1.165, 1.54) is 4.90 Å². The number of alkyl carbamates (subject to hydrolysis) is 1. The molecule has 1 fully saturated rings. The Labute approximate surface area is 161 Å². The van der Waals surface area contributed by atoms with E-state index in [0.717, 1.165) is 0 Å². The van der Waals surface area contributed by atoms with Gasteiger partial charge in [-0.25, -0.2) is 9.59 Å². The molecule has 1 unspecified atom stereocenters. The van der Waals surface area contributed by atoms with Crippen molar-refractivity contribution in [1.29, 1.82) is 0 Å². The van der Waals surface area contributed by atoms with Crippen LogP contribution >= 0.6 is 0 Å². The average molecular weight is 393 g/mol. The van der Waals surface area contributed by atoms with E-state index in [2.05, 4.69) is 10.6 Å². The zero-order chi connectivity index (χ0) is 20.5. The fourth-order valence-corrected chi connectivity index (χ4v) is 2.77. The molecule has 10 heteroatoms. The van der Waals surface area contributed by atoms with Gasteiger partial charge in [0.1, 0.15) is 23.6 Å². The number of nitrogens with one attached hydrogen (secondary N) is 2. The van der Waals surface area contributed by atoms with Crippen LogP contribution in [0.25, 0.3) is 0 Å². The van der Waals surface area contributed by atoms with Gasteiger partial charge in [-0.05, 0) is 39.0 Å². The van der Waals surface area contributed by atoms with Crippen molar-refractivity contribution in [3.8, 4) is 5.75 Å². The minimum atomic E-state index is -1.11. The van der Waals surface area contributed by atoms with Gasteiger partial charge in [-0.3, -0.25) is 9.69 Å². The van der Waals surface area contributed by atoms with Gasteiger partial charge in [0.25, 0.3) is 5.91 Å². The molecule has 1 saturated heterocycles. The molecule has 0 saturated carbocycles. The lowest BCUT2D eigenvalue weighted by molar-refractivity contribution is -0.118. The summed E-state index contributed by atoms with van der Waals surface area (Å²) in [4.78, 5) is 36.7. The number of benzene rings is 1. The molecule has 3 amide bonds. The van der Waals surface area contributed by atoms with Crippen LogP contribution in [0, 0.1) is 0 Å². The lowest BCUT2D eigenvalue weighted by Crippen LogP contribution is -2.42. The molecule has 0 bridgehead atoms. The number of hydrogen-bond donors (Lipinski definition) is 3. The van der Waals surface area contributed by atoms with Crippen LogP contribution in [0.15, 0.2) is 18.2 Å². The van der Waals surface area contributed by atoms with Crippen LogP contribution in [-0.4, -0.2) is 60.7 Å². The van der Waals surface area contributed by atoms with Crippen LogP contribution in [0.5, 0.6) is 5.75 Å². The molecule has 152 valence electrons. The van der Waals surface area contributed by atoms with E-state index in [1.807, 2.05) is 0 Å². The molecule has 1 aromatic carbocycles. The average Bonchev–Trinajstić information content (AvgIpc) is 2.99. The van der Waals surface area contributed by atoms with Crippen molar-refractivity contribution in [2.75, 3.05) is 29.9 Å². The molecule has 10 nitrogen and oxygen atoms in total. The number of fused-ring (bicyclic) bond motifs is 1. The fraction of sp³-hybridized carbons (Fsp3) is 0.500. The second-order valence-electron chi connectivity index (χ2n) is 7.50. The van der Waals surface area contributed by atoms with Crippen molar-refractivity contribution in [2.45, 2.75) is 38.6 Å². The summed E-state index contributed by atoms with van der Waals surface area (Å²) in [6.07, 6.45) is -3.24. The first-order chi connectivity index (χ1) is 13.1. The molecule has 3 N–H and O–H groups in total. The highest BCUT2D eigenvalue weighted by atomic mass is 16.6. The van der Waals surface area contributed by atoms with E-state index in [1.54, 1.807) is 39.0 Å². The number of ether oxygens (including phenoxy) is 3. The van der Waals surface area contributed by atoms with Crippen molar-refractivity contribution in [2.24, 2.45) is 0 Å². The van der Waals surface area contributed by atoms with Gasteiger partial charge in [0.15, 0.2) is 6.61 Å². The maximum Gasteiger partial charge on any atom is 0.414 e. The summed E-state index contributed by atoms with van der Waals surface area (Å²) in [5.41, 5.74) is 0.290. The van der Waals surface area contributed by atoms with Crippen LogP contribution < -0.4 is 20.3 Å². The Morgan fingerprint density at radius 3 is 2.89 bits per heavy atom. The van der Waals surface area contributed by atoms with E-state index in [4.69, 9.17) is 14.2 Å². The van der Waals surface area contributed by atoms with Crippen molar-refractivity contribution in [3.63, 3.8) is 0 Å². The molecule has 1 aromatic rings. The predicted octanol–water partition coefficient (Wildman–Crippen LogP) is 1.23. The fourth-order valence-electron chi connectivity index (χ4n) is 2.77. The van der Waals surface area contributed by atoms with Gasteiger partial charge in [0, 0.05) is 5.69 Å². The van der Waals surface area contributed by atoms with Crippen molar-refractivity contribution >= 4 is 29.5 Å². The molecular weight excluding hydrogens is 370 g/mol. The Morgan fingerprint density at radius 2 is 2.18 bits per heavy atom. The number of carbonyl (C=O) groups is 3. The Morgan fingerprint density at radius 1 is 1.43 bits per heavy atom. The van der Waals surface area contributed by atoms with E-state index >= 15 is 0 Å². The van der Waals surface area contributed by atoms with Crippen molar-refractivity contribution in [1.82, 2.24) is 5.32 Å². The normalized spacial score (nSPS) is 19.9. The monoisotopic (exact) mass is 393 g/mol. The second kappa shape index (κ2) is 7.55. The minimum absolute atomic E-state index is 0.0585. The molecule has 0 aromatic heterocycles. The third-order valence-corrected chi connectivity index (χ3v) is 4.03. The summed E-state index contributed by atoms with van der Waals surface area (Å²) in [5, 5.41) is 15.4. The third kappa shape index (κ3) is 4.63. The number of aliphatic hydroxyl groups is 1. The van der Waals surface area contributed by atoms with Crippen LogP contribution in [0.3, 0.4) is 0 Å². The topological polar surface area (TPSA) is 126 Å². The number of cyclic esters (lactones) is 1. The highest BCUT2D eigenvalue weighted by molar-refractivity contribution is 5.97. The first-order valence-electron chi connectivity index (χ1n) is 8.82. The summed E-state index contributed by atoms with van der Waals surface area (Å²) >= 11 is 0. The van der Waals surface area contributed by atoms with E-state index in [9.17, 15) is 19.5 Å². The van der Waals surface area contributed by atoms with Crippen LogP contribution in [0.4, 0.5) is 21.0 Å². The molecule has 0 spiro atoms. The van der Waals surface area contributed by atoms with Gasteiger partial charge >= 0.3 is 12.2 Å². The van der Waals surface area contributed by atoms with Gasteiger partial charge in [-0.1, -0.05) is 0 Å². The Balaban J connectivity index is 1.60. The summed E-state index contributed by atoms with van der Waals surface area (Å²) < 4.78 is 15.6. The molecule has 2 atom stereocenters. The quantitative estimate of drug-likeness (QED) is 0.702. The summed E-state index contributed by atoms with van der Waals surface area (Å²) in [7, 11) is 0. The van der Waals surface area contributed by atoms with Crippen LogP contribution in [0.1, 0.15) is 20.8 Å². The number of aliphatic hydroxyl groups excluding tert-OH is 1. The smallest absolute Gasteiger partial charge is 0.414 e. The number of carbonyl (C=O) groups excluding carboxylic acids is 3. The number of anilines is 2. The summed E-state index contributed by atoms with van der Waals surface area (Å²) in [6.45, 7) is 5.08. The molecule has 2 aliphatic rings. The molecule has 3 rings (SSSR count). The van der Waals surface area contributed by atoms with E-state index < -0.39 is 30.0 Å². The maximum absolute atomic E-state index is 12.2. The van der Waals surface area contributed by atoms with Gasteiger partial charge in [-0.2, -0.15) is 0 Å². The first-order valence-corrected chi connectivity index (χ1v) is 8.82. The van der Waals surface area contributed by atoms with Crippen molar-refractivity contribution < 1.29 is 33.7 Å². The molecule has 2 heterocycles. The van der Waals surface area contributed by atoms with E-state index in [-0.39, 0.29) is 25.6 Å². The molecule has 2 aliphatic heterocycles. The Kier molecular flexibility index (Phi) is 5.32. The number of nitrogens with zero attached hydrogens (tertiary/aromatic N) is 1. The molecule has 0 radical (unpaired) electrons. The van der Waals surface area contributed by atoms with Gasteiger partial charge in [0.05, 0.1) is 18.8 Å². The second-order valence-corrected chi connectivity index (χ2v) is 7.50. The predicted molar refractivity (Wildman–Crippen MR) is 98.4 cm³/mol. The van der Waals surface area contributed by atoms with Gasteiger partial charge in [-0.15, -0.1) is 0 Å². The third-order valence-electron chi connectivity index (χ3n) is 4.03. The minimum Gasteiger partial charge on any atom is -0.482 e. The Hall–Kier alpha value is -3.01. The highest BCUT2D eigenvalue weighted by Crippen LogP contribution is 2.33. The Bertz CT molecular complexity index is 790. The SMILES string of the molecule is CC(C)(C)OC(=O)NCC(O)[C@H]1CN(c2ccc3c(c2)NC(=O)CO3)C(=O)O1. The summed E-state index contributed by atoms with van der Waals surface area (Å²) in [5.74, 6) is 0.226.